The molecule has 1 aromatic carbocycles. The molecule has 2 aliphatic rings. The van der Waals surface area contributed by atoms with Crippen LogP contribution in [0.2, 0.25) is 0 Å². The van der Waals surface area contributed by atoms with E-state index in [4.69, 9.17) is 0 Å². The van der Waals surface area contributed by atoms with Gasteiger partial charge in [0.05, 0.1) is 23.3 Å². The van der Waals surface area contributed by atoms with Crippen LogP contribution in [0.4, 0.5) is 28.9 Å². The van der Waals surface area contributed by atoms with Crippen LogP contribution >= 0.6 is 0 Å². The van der Waals surface area contributed by atoms with Crippen molar-refractivity contribution in [1.29, 1.82) is 0 Å². The van der Waals surface area contributed by atoms with Crippen LogP contribution in [-0.2, 0) is 13.5 Å². The van der Waals surface area contributed by atoms with Crippen molar-refractivity contribution >= 4 is 28.4 Å². The second-order valence-electron chi connectivity index (χ2n) is 10.3. The minimum absolute atomic E-state index is 0.00604. The quantitative estimate of drug-likeness (QED) is 0.279. The van der Waals surface area contributed by atoms with Crippen molar-refractivity contribution in [3.8, 4) is 22.3 Å². The third-order valence-corrected chi connectivity index (χ3v) is 7.87. The van der Waals surface area contributed by atoms with Gasteiger partial charge in [0, 0.05) is 74.5 Å². The first kappa shape index (κ1) is 26.7. The molecule has 212 valence electrons. The predicted octanol–water partition coefficient (Wildman–Crippen LogP) is 3.95. The number of fused-ring (bicyclic) bond motifs is 4. The molecular formula is C28H23F4N5O4. The Labute approximate surface area is 229 Å². The standard InChI is InChI=1S/C28H23F4N5O4/c1-33-20-7-14(29)6-16-15(20)8-21-22(16)23(37-4-3-27(41,12-37)28(30,31)32)18(10-34-21)13-5-17-24(38)19(26(39)40)11-36(2)25(17)35-9-13/h5-7,9-11,33,41H,3-4,8,12H2,1-2H3,(H,39,40). The molecule has 1 aliphatic heterocycles. The minimum Gasteiger partial charge on any atom is -0.477 e. The number of carboxylic acids is 1. The Morgan fingerprint density at radius 2 is 1.90 bits per heavy atom. The van der Waals surface area contributed by atoms with Gasteiger partial charge in [-0.3, -0.25) is 9.78 Å². The van der Waals surface area contributed by atoms with E-state index in [1.54, 1.807) is 7.05 Å². The molecule has 0 amide bonds. The summed E-state index contributed by atoms with van der Waals surface area (Å²) >= 11 is 0. The summed E-state index contributed by atoms with van der Waals surface area (Å²) < 4.78 is 57.6. The number of pyridine rings is 3. The van der Waals surface area contributed by atoms with Gasteiger partial charge in [-0.05, 0) is 29.3 Å². The van der Waals surface area contributed by atoms with Crippen LogP contribution in [0.3, 0.4) is 0 Å². The van der Waals surface area contributed by atoms with Gasteiger partial charge in [-0.1, -0.05) is 0 Å². The SMILES string of the molecule is CNc1cc(F)cc2c1Cc1ncc(-c3cnc4c(c3)c(=O)c(C(=O)O)cn4C)c(N3CCC(O)(C(F)(F)F)C3)c1-2. The van der Waals surface area contributed by atoms with Gasteiger partial charge in [-0.2, -0.15) is 13.2 Å². The van der Waals surface area contributed by atoms with Gasteiger partial charge in [-0.15, -0.1) is 0 Å². The molecule has 1 atom stereocenters. The summed E-state index contributed by atoms with van der Waals surface area (Å²) in [7, 11) is 3.17. The number of benzene rings is 1. The number of carboxylic acid groups (broad SMARTS) is 1. The number of β-amino-alcohol motifs (C(OH)–C–C–N with tert-alkyl or cyclic N) is 1. The van der Waals surface area contributed by atoms with Crippen LogP contribution in [-0.4, -0.2) is 62.6 Å². The van der Waals surface area contributed by atoms with Crippen molar-refractivity contribution < 1.29 is 32.6 Å². The summed E-state index contributed by atoms with van der Waals surface area (Å²) in [6.07, 6.45) is -1.13. The van der Waals surface area contributed by atoms with Gasteiger partial charge in [0.15, 0.2) is 5.60 Å². The normalized spacial score (nSPS) is 18.1. The molecular weight excluding hydrogens is 546 g/mol. The maximum Gasteiger partial charge on any atom is 0.418 e. The van der Waals surface area contributed by atoms with E-state index in [0.29, 0.717) is 40.1 Å². The number of aromatic carboxylic acids is 1. The van der Waals surface area contributed by atoms with Gasteiger partial charge in [0.25, 0.3) is 0 Å². The van der Waals surface area contributed by atoms with Gasteiger partial charge in [0.1, 0.15) is 17.0 Å². The zero-order chi connectivity index (χ0) is 29.4. The highest BCUT2D eigenvalue weighted by Crippen LogP contribution is 2.51. The Morgan fingerprint density at radius 1 is 1.15 bits per heavy atom. The molecule has 6 rings (SSSR count). The smallest absolute Gasteiger partial charge is 0.418 e. The largest absolute Gasteiger partial charge is 0.477 e. The Morgan fingerprint density at radius 3 is 2.56 bits per heavy atom. The zero-order valence-electron chi connectivity index (χ0n) is 21.8. The lowest BCUT2D eigenvalue weighted by Crippen LogP contribution is -2.47. The molecule has 4 heterocycles. The van der Waals surface area contributed by atoms with E-state index < -0.39 is 47.5 Å². The van der Waals surface area contributed by atoms with Crippen LogP contribution in [0.5, 0.6) is 0 Å². The summed E-state index contributed by atoms with van der Waals surface area (Å²) in [4.78, 5) is 35.0. The van der Waals surface area contributed by atoms with Crippen molar-refractivity contribution in [2.24, 2.45) is 7.05 Å². The molecule has 3 aromatic heterocycles. The highest BCUT2D eigenvalue weighted by atomic mass is 19.4. The maximum absolute atomic E-state index is 14.7. The molecule has 0 bridgehead atoms. The van der Waals surface area contributed by atoms with E-state index in [0.717, 1.165) is 11.8 Å². The third kappa shape index (κ3) is 4.02. The number of anilines is 2. The molecule has 1 saturated heterocycles. The van der Waals surface area contributed by atoms with E-state index in [9.17, 15) is 37.4 Å². The lowest BCUT2D eigenvalue weighted by atomic mass is 9.97. The van der Waals surface area contributed by atoms with Crippen LogP contribution < -0.4 is 15.6 Å². The summed E-state index contributed by atoms with van der Waals surface area (Å²) in [5.41, 5.74) is -0.492. The molecule has 0 radical (unpaired) electrons. The van der Waals surface area contributed by atoms with Crippen LogP contribution in [0.25, 0.3) is 33.3 Å². The summed E-state index contributed by atoms with van der Waals surface area (Å²) in [5, 5.41) is 23.0. The van der Waals surface area contributed by atoms with Crippen molar-refractivity contribution in [1.82, 2.24) is 14.5 Å². The molecule has 4 aromatic rings. The lowest BCUT2D eigenvalue weighted by Gasteiger charge is -2.29. The van der Waals surface area contributed by atoms with Gasteiger partial charge in [0.2, 0.25) is 5.43 Å². The highest BCUT2D eigenvalue weighted by molar-refractivity contribution is 5.98. The predicted molar refractivity (Wildman–Crippen MR) is 143 cm³/mol. The van der Waals surface area contributed by atoms with Crippen LogP contribution in [0.15, 0.2) is 41.6 Å². The fraction of sp³-hybridized carbons (Fsp3) is 0.286. The number of nitrogens with zero attached hydrogens (tertiary/aromatic N) is 4. The van der Waals surface area contributed by atoms with Gasteiger partial charge < -0.3 is 25.0 Å². The number of hydrogen-bond acceptors (Lipinski definition) is 7. The number of nitrogens with one attached hydrogen (secondary N) is 1. The maximum atomic E-state index is 14.7. The number of alkyl halides is 3. The highest BCUT2D eigenvalue weighted by Gasteiger charge is 2.57. The van der Waals surface area contributed by atoms with Crippen LogP contribution in [0.1, 0.15) is 28.0 Å². The molecule has 0 spiro atoms. The summed E-state index contributed by atoms with van der Waals surface area (Å²) in [5.74, 6) is -1.97. The summed E-state index contributed by atoms with van der Waals surface area (Å²) in [6, 6.07) is 4.06. The molecule has 13 heteroatoms. The molecule has 0 saturated carbocycles. The number of aromatic nitrogens is 3. The Balaban J connectivity index is 1.63. The van der Waals surface area contributed by atoms with E-state index in [-0.39, 0.29) is 23.3 Å². The molecule has 41 heavy (non-hydrogen) atoms. The zero-order valence-corrected chi connectivity index (χ0v) is 21.8. The first-order valence-corrected chi connectivity index (χ1v) is 12.6. The Kier molecular flexibility index (Phi) is 5.86. The second-order valence-corrected chi connectivity index (χ2v) is 10.3. The number of carbonyl (C=O) groups is 1. The van der Waals surface area contributed by atoms with Crippen molar-refractivity contribution in [2.75, 3.05) is 30.4 Å². The first-order valence-electron chi connectivity index (χ1n) is 12.6. The van der Waals surface area contributed by atoms with E-state index in [1.165, 1.54) is 47.1 Å². The average Bonchev–Trinajstić information content (AvgIpc) is 3.50. The van der Waals surface area contributed by atoms with E-state index in [1.807, 2.05) is 0 Å². The van der Waals surface area contributed by atoms with E-state index in [2.05, 4.69) is 15.3 Å². The van der Waals surface area contributed by atoms with Gasteiger partial charge in [-0.25, -0.2) is 14.2 Å². The van der Waals surface area contributed by atoms with Crippen molar-refractivity contribution in [2.45, 2.75) is 24.6 Å². The molecule has 1 fully saturated rings. The fourth-order valence-electron chi connectivity index (χ4n) is 5.82. The summed E-state index contributed by atoms with van der Waals surface area (Å²) in [6.45, 7) is -0.926. The number of halogens is 4. The molecule has 3 N–H and O–H groups in total. The first-order chi connectivity index (χ1) is 19.3. The monoisotopic (exact) mass is 569 g/mol. The topological polar surface area (TPSA) is 121 Å². The second kappa shape index (κ2) is 8.99. The number of aryl methyl sites for hydroxylation is 1. The van der Waals surface area contributed by atoms with E-state index >= 15 is 0 Å². The minimum atomic E-state index is -4.88. The van der Waals surface area contributed by atoms with Crippen molar-refractivity contribution in [3.63, 3.8) is 0 Å². The van der Waals surface area contributed by atoms with Gasteiger partial charge >= 0.3 is 12.1 Å². The number of aliphatic hydroxyl groups is 1. The molecule has 1 unspecified atom stereocenters. The van der Waals surface area contributed by atoms with Crippen molar-refractivity contribution in [3.05, 3.63) is 69.7 Å². The van der Waals surface area contributed by atoms with Crippen LogP contribution in [0, 0.1) is 5.82 Å². The Hall–Kier alpha value is -4.52. The fourth-order valence-corrected chi connectivity index (χ4v) is 5.82. The molecule has 9 nitrogen and oxygen atoms in total. The number of rotatable bonds is 4. The number of hydrogen-bond donors (Lipinski definition) is 3. The Bertz CT molecular complexity index is 1840. The molecule has 1 aliphatic carbocycles. The third-order valence-electron chi connectivity index (χ3n) is 7.87. The average molecular weight is 570 g/mol. The lowest BCUT2D eigenvalue weighted by molar-refractivity contribution is -0.250.